The van der Waals surface area contributed by atoms with Crippen LogP contribution in [0.1, 0.15) is 17.3 Å². The van der Waals surface area contributed by atoms with E-state index in [1.54, 1.807) is 6.92 Å². The molecule has 1 aromatic carbocycles. The summed E-state index contributed by atoms with van der Waals surface area (Å²) in [6.07, 6.45) is -0.275. The van der Waals surface area contributed by atoms with Gasteiger partial charge in [0, 0.05) is 12.1 Å². The average Bonchev–Trinajstić information content (AvgIpc) is 2.25. The highest BCUT2D eigenvalue weighted by Crippen LogP contribution is 2.02. The number of hydrogen-bond donors (Lipinski definition) is 2. The Morgan fingerprint density at radius 2 is 2.40 bits per heavy atom. The van der Waals surface area contributed by atoms with Gasteiger partial charge in [0.2, 0.25) is 0 Å². The second-order valence-corrected chi connectivity index (χ2v) is 3.17. The number of halogens is 1. The molecule has 1 rings (SSSR count). The van der Waals surface area contributed by atoms with Gasteiger partial charge in [-0.05, 0) is 25.1 Å². The number of nitrogens with one attached hydrogen (secondary N) is 1. The Kier molecular flexibility index (Phi) is 4.20. The highest BCUT2D eigenvalue weighted by molar-refractivity contribution is 5.94. The number of carbonyl (C=O) groups is 1. The zero-order valence-corrected chi connectivity index (χ0v) is 8.37. The maximum atomic E-state index is 12.8. The first kappa shape index (κ1) is 11.6. The van der Waals surface area contributed by atoms with E-state index in [-0.39, 0.29) is 24.1 Å². The molecular formula is C10H13FN2O2. The van der Waals surface area contributed by atoms with Crippen LogP contribution in [0.15, 0.2) is 24.3 Å². The number of carbonyl (C=O) groups excluding carboxylic acids is 1. The molecule has 1 unspecified atom stereocenters. The van der Waals surface area contributed by atoms with Gasteiger partial charge < -0.3 is 5.32 Å². The molecule has 0 aromatic heterocycles. The fraction of sp³-hybridized carbons (Fsp3) is 0.300. The monoisotopic (exact) mass is 212 g/mol. The molecule has 1 atom stereocenters. The van der Waals surface area contributed by atoms with Crippen LogP contribution in [0.4, 0.5) is 4.39 Å². The summed E-state index contributed by atoms with van der Waals surface area (Å²) in [4.78, 5) is 15.9. The number of amides is 1. The van der Waals surface area contributed by atoms with Crippen molar-refractivity contribution in [1.29, 1.82) is 0 Å². The topological polar surface area (TPSA) is 64.3 Å². The largest absolute Gasteiger partial charge is 0.349 e. The molecule has 0 fully saturated rings. The van der Waals surface area contributed by atoms with Crippen LogP contribution < -0.4 is 11.2 Å². The highest BCUT2D eigenvalue weighted by atomic mass is 19.1. The van der Waals surface area contributed by atoms with Gasteiger partial charge in [0.25, 0.3) is 5.91 Å². The highest BCUT2D eigenvalue weighted by Gasteiger charge is 2.07. The van der Waals surface area contributed by atoms with Crippen LogP contribution in [0.2, 0.25) is 0 Å². The van der Waals surface area contributed by atoms with Crippen LogP contribution in [0, 0.1) is 5.82 Å². The first-order valence-electron chi connectivity index (χ1n) is 4.53. The molecule has 0 saturated heterocycles. The van der Waals surface area contributed by atoms with Gasteiger partial charge >= 0.3 is 0 Å². The molecule has 0 saturated carbocycles. The van der Waals surface area contributed by atoms with E-state index in [9.17, 15) is 9.18 Å². The summed E-state index contributed by atoms with van der Waals surface area (Å²) in [5.41, 5.74) is 0.277. The molecule has 4 nitrogen and oxygen atoms in total. The Morgan fingerprint density at radius 3 is 3.00 bits per heavy atom. The minimum atomic E-state index is -0.439. The van der Waals surface area contributed by atoms with Gasteiger partial charge in [0.15, 0.2) is 0 Å². The van der Waals surface area contributed by atoms with E-state index in [0.717, 1.165) is 0 Å². The van der Waals surface area contributed by atoms with Crippen molar-refractivity contribution in [2.45, 2.75) is 13.0 Å². The fourth-order valence-electron chi connectivity index (χ4n) is 1.02. The van der Waals surface area contributed by atoms with Crippen molar-refractivity contribution in [1.82, 2.24) is 5.32 Å². The SMILES string of the molecule is CC(CNC(=O)c1cccc(F)c1)ON. The van der Waals surface area contributed by atoms with Crippen molar-refractivity contribution in [2.24, 2.45) is 5.90 Å². The Hall–Kier alpha value is -1.46. The van der Waals surface area contributed by atoms with E-state index in [1.807, 2.05) is 0 Å². The van der Waals surface area contributed by atoms with Crippen molar-refractivity contribution < 1.29 is 14.0 Å². The first-order chi connectivity index (χ1) is 7.13. The lowest BCUT2D eigenvalue weighted by atomic mass is 10.2. The van der Waals surface area contributed by atoms with E-state index in [4.69, 9.17) is 5.90 Å². The van der Waals surface area contributed by atoms with E-state index >= 15 is 0 Å². The number of nitrogens with two attached hydrogens (primary N) is 1. The Balaban J connectivity index is 2.54. The third-order valence-electron chi connectivity index (χ3n) is 1.87. The summed E-state index contributed by atoms with van der Waals surface area (Å²) in [5.74, 6) is 4.12. The van der Waals surface area contributed by atoms with Crippen molar-refractivity contribution in [3.8, 4) is 0 Å². The second kappa shape index (κ2) is 5.43. The maximum Gasteiger partial charge on any atom is 0.251 e. The molecule has 0 spiro atoms. The van der Waals surface area contributed by atoms with Crippen LogP contribution >= 0.6 is 0 Å². The smallest absolute Gasteiger partial charge is 0.251 e. The predicted molar refractivity (Wildman–Crippen MR) is 53.5 cm³/mol. The Bertz CT molecular complexity index is 344. The number of hydrogen-bond acceptors (Lipinski definition) is 3. The van der Waals surface area contributed by atoms with E-state index in [2.05, 4.69) is 10.2 Å². The normalized spacial score (nSPS) is 12.2. The summed E-state index contributed by atoms with van der Waals surface area (Å²) < 4.78 is 12.8. The molecular weight excluding hydrogens is 199 g/mol. The zero-order valence-electron chi connectivity index (χ0n) is 8.37. The van der Waals surface area contributed by atoms with Gasteiger partial charge in [-0.15, -0.1) is 0 Å². The lowest BCUT2D eigenvalue weighted by Gasteiger charge is -2.09. The van der Waals surface area contributed by atoms with E-state index < -0.39 is 5.82 Å². The van der Waals surface area contributed by atoms with Crippen molar-refractivity contribution in [3.63, 3.8) is 0 Å². The van der Waals surface area contributed by atoms with Gasteiger partial charge in [-0.25, -0.2) is 10.3 Å². The summed E-state index contributed by atoms with van der Waals surface area (Å²) >= 11 is 0. The van der Waals surface area contributed by atoms with Gasteiger partial charge in [0.1, 0.15) is 5.82 Å². The van der Waals surface area contributed by atoms with Crippen LogP contribution in [0.3, 0.4) is 0 Å². The molecule has 15 heavy (non-hydrogen) atoms. The summed E-state index contributed by atoms with van der Waals surface area (Å²) in [7, 11) is 0. The van der Waals surface area contributed by atoms with Crippen molar-refractivity contribution in [2.75, 3.05) is 6.54 Å². The van der Waals surface area contributed by atoms with Crippen LogP contribution in [0.25, 0.3) is 0 Å². The average molecular weight is 212 g/mol. The second-order valence-electron chi connectivity index (χ2n) is 3.17. The minimum Gasteiger partial charge on any atom is -0.349 e. The summed E-state index contributed by atoms with van der Waals surface area (Å²) in [6, 6.07) is 5.46. The van der Waals surface area contributed by atoms with Gasteiger partial charge in [-0.2, -0.15) is 0 Å². The number of rotatable bonds is 4. The van der Waals surface area contributed by atoms with Crippen LogP contribution in [-0.2, 0) is 4.84 Å². The lowest BCUT2D eigenvalue weighted by molar-refractivity contribution is 0.0622. The fourth-order valence-corrected chi connectivity index (χ4v) is 1.02. The predicted octanol–water partition coefficient (Wildman–Crippen LogP) is 0.834. The molecule has 0 aliphatic carbocycles. The summed E-state index contributed by atoms with van der Waals surface area (Å²) in [6.45, 7) is 2.00. The van der Waals surface area contributed by atoms with Gasteiger partial charge in [-0.3, -0.25) is 9.63 Å². The first-order valence-corrected chi connectivity index (χ1v) is 4.53. The van der Waals surface area contributed by atoms with Gasteiger partial charge in [0.05, 0.1) is 6.10 Å². The molecule has 1 aromatic rings. The van der Waals surface area contributed by atoms with Crippen LogP contribution in [-0.4, -0.2) is 18.6 Å². The molecule has 5 heteroatoms. The minimum absolute atomic E-state index is 0.275. The molecule has 0 aliphatic rings. The van der Waals surface area contributed by atoms with E-state index in [1.165, 1.54) is 24.3 Å². The van der Waals surface area contributed by atoms with Crippen molar-refractivity contribution in [3.05, 3.63) is 35.6 Å². The lowest BCUT2D eigenvalue weighted by Crippen LogP contribution is -2.33. The standard InChI is InChI=1S/C10H13FN2O2/c1-7(15-12)6-13-10(14)8-3-2-4-9(11)5-8/h2-5,7H,6,12H2,1H3,(H,13,14). The Morgan fingerprint density at radius 1 is 1.67 bits per heavy atom. The number of benzene rings is 1. The molecule has 0 heterocycles. The van der Waals surface area contributed by atoms with Gasteiger partial charge in [-0.1, -0.05) is 6.07 Å². The zero-order chi connectivity index (χ0) is 11.3. The molecule has 0 aliphatic heterocycles. The molecule has 82 valence electrons. The Labute approximate surface area is 87.2 Å². The van der Waals surface area contributed by atoms with Crippen LogP contribution in [0.5, 0.6) is 0 Å². The quantitative estimate of drug-likeness (QED) is 0.727. The maximum absolute atomic E-state index is 12.8. The third-order valence-corrected chi connectivity index (χ3v) is 1.87. The van der Waals surface area contributed by atoms with E-state index in [0.29, 0.717) is 0 Å². The molecule has 0 bridgehead atoms. The molecule has 0 radical (unpaired) electrons. The van der Waals surface area contributed by atoms with Crippen molar-refractivity contribution >= 4 is 5.91 Å². The third kappa shape index (κ3) is 3.65. The molecule has 1 amide bonds. The summed E-state index contributed by atoms with van der Waals surface area (Å²) in [5, 5.41) is 2.57. The molecule has 3 N–H and O–H groups in total.